The first kappa shape index (κ1) is 16.8. The molecular formula is C14H28O4Si. The van der Waals surface area contributed by atoms with Crippen LogP contribution in [0.4, 0.5) is 0 Å². The summed E-state index contributed by atoms with van der Waals surface area (Å²) in [7, 11) is -1.75. The summed E-state index contributed by atoms with van der Waals surface area (Å²) in [6.07, 6.45) is 5.75. The van der Waals surface area contributed by atoms with Crippen molar-refractivity contribution in [3.05, 3.63) is 0 Å². The van der Waals surface area contributed by atoms with Crippen molar-refractivity contribution in [3.8, 4) is 0 Å². The quantitative estimate of drug-likeness (QED) is 0.483. The summed E-state index contributed by atoms with van der Waals surface area (Å²) in [5.41, 5.74) is 0. The highest BCUT2D eigenvalue weighted by atomic mass is 28.4. The van der Waals surface area contributed by atoms with E-state index < -0.39 is 14.4 Å². The minimum absolute atomic E-state index is 0.153. The molecule has 1 heterocycles. The van der Waals surface area contributed by atoms with Crippen LogP contribution < -0.4 is 0 Å². The molecule has 0 aromatic heterocycles. The van der Waals surface area contributed by atoms with Crippen LogP contribution in [0.2, 0.25) is 19.1 Å². The lowest BCUT2D eigenvalue weighted by Crippen LogP contribution is -2.39. The Morgan fingerprint density at radius 3 is 2.79 bits per heavy atom. The topological polar surface area (TPSA) is 44.8 Å². The number of aldehydes is 1. The van der Waals surface area contributed by atoms with Gasteiger partial charge < -0.3 is 18.7 Å². The fraction of sp³-hybridized carbons (Fsp3) is 0.929. The van der Waals surface area contributed by atoms with Crippen LogP contribution in [0.15, 0.2) is 0 Å². The average molecular weight is 288 g/mol. The van der Waals surface area contributed by atoms with Crippen molar-refractivity contribution < 1.29 is 18.7 Å². The van der Waals surface area contributed by atoms with Crippen LogP contribution in [0.25, 0.3) is 0 Å². The molecule has 112 valence electrons. The number of ether oxygens (including phenoxy) is 2. The first-order valence-corrected chi connectivity index (χ1v) is 10.6. The fourth-order valence-corrected chi connectivity index (χ4v) is 4.48. The van der Waals surface area contributed by atoms with Gasteiger partial charge in [0.15, 0.2) is 14.6 Å². The van der Waals surface area contributed by atoms with E-state index in [1.54, 1.807) is 0 Å². The Kier molecular flexibility index (Phi) is 7.83. The van der Waals surface area contributed by atoms with Crippen LogP contribution in [-0.4, -0.2) is 40.2 Å². The third kappa shape index (κ3) is 7.20. The summed E-state index contributed by atoms with van der Waals surface area (Å²) in [6, 6.07) is 1.09. The Bertz CT molecular complexity index is 252. The molecule has 0 amide bonds. The van der Waals surface area contributed by atoms with E-state index in [9.17, 15) is 4.79 Å². The van der Waals surface area contributed by atoms with Gasteiger partial charge in [0.25, 0.3) is 0 Å². The highest BCUT2D eigenvalue weighted by Crippen LogP contribution is 2.18. The zero-order valence-corrected chi connectivity index (χ0v) is 13.5. The molecule has 4 nitrogen and oxygen atoms in total. The number of carbonyl (C=O) groups excluding carboxylic acids is 1. The molecule has 1 fully saturated rings. The van der Waals surface area contributed by atoms with Crippen molar-refractivity contribution in [1.29, 1.82) is 0 Å². The van der Waals surface area contributed by atoms with Crippen LogP contribution in [0, 0.1) is 0 Å². The van der Waals surface area contributed by atoms with Gasteiger partial charge in [0.1, 0.15) is 12.4 Å². The molecule has 0 spiro atoms. The second-order valence-corrected chi connectivity index (χ2v) is 10.0. The van der Waals surface area contributed by atoms with Crippen molar-refractivity contribution in [2.24, 2.45) is 0 Å². The lowest BCUT2D eigenvalue weighted by molar-refractivity contribution is -0.173. The van der Waals surface area contributed by atoms with Crippen molar-refractivity contribution in [2.75, 3.05) is 13.2 Å². The molecule has 19 heavy (non-hydrogen) atoms. The number of carbonyl (C=O) groups is 1. The minimum atomic E-state index is -1.75. The lowest BCUT2D eigenvalue weighted by atomic mass is 10.2. The zero-order chi connectivity index (χ0) is 14.1. The molecular weight excluding hydrogens is 260 g/mol. The molecule has 0 radical (unpaired) electrons. The SMILES string of the molecule is CCCC[Si](C)(C)OC(C=O)COC1CCCCO1. The fourth-order valence-electron chi connectivity index (χ4n) is 2.22. The molecule has 0 aromatic rings. The molecule has 5 heteroatoms. The van der Waals surface area contributed by atoms with Gasteiger partial charge in [-0.25, -0.2) is 0 Å². The maximum absolute atomic E-state index is 11.1. The number of hydrogen-bond donors (Lipinski definition) is 0. The van der Waals surface area contributed by atoms with E-state index in [4.69, 9.17) is 13.9 Å². The average Bonchev–Trinajstić information content (AvgIpc) is 2.42. The number of rotatable bonds is 9. The van der Waals surface area contributed by atoms with Gasteiger partial charge in [-0.05, 0) is 38.4 Å². The van der Waals surface area contributed by atoms with Gasteiger partial charge in [0, 0.05) is 6.61 Å². The summed E-state index contributed by atoms with van der Waals surface area (Å²) < 4.78 is 17.1. The Morgan fingerprint density at radius 1 is 1.42 bits per heavy atom. The van der Waals surface area contributed by atoms with Gasteiger partial charge in [0.05, 0.1) is 6.61 Å². The highest BCUT2D eigenvalue weighted by Gasteiger charge is 2.27. The standard InChI is InChI=1S/C14H28O4Si/c1-4-5-10-19(2,3)18-13(11-15)12-17-14-8-6-7-9-16-14/h11,13-14H,4-10,12H2,1-3H3. The number of unbranched alkanes of at least 4 members (excludes halogenated alkanes) is 1. The molecule has 0 bridgehead atoms. The molecule has 2 unspecified atom stereocenters. The molecule has 1 rings (SSSR count). The first-order chi connectivity index (χ1) is 9.07. The van der Waals surface area contributed by atoms with Crippen molar-refractivity contribution in [1.82, 2.24) is 0 Å². The maximum atomic E-state index is 11.1. The Balaban J connectivity index is 2.29. The van der Waals surface area contributed by atoms with Crippen LogP contribution in [-0.2, 0) is 18.7 Å². The molecule has 1 aliphatic heterocycles. The van der Waals surface area contributed by atoms with Gasteiger partial charge in [-0.15, -0.1) is 0 Å². The lowest BCUT2D eigenvalue weighted by Gasteiger charge is -2.28. The smallest absolute Gasteiger partial charge is 0.187 e. The van der Waals surface area contributed by atoms with Crippen LogP contribution in [0.5, 0.6) is 0 Å². The Hall–Kier alpha value is -0.233. The normalized spacial score (nSPS) is 22.2. The van der Waals surface area contributed by atoms with Gasteiger partial charge in [-0.2, -0.15) is 0 Å². The Morgan fingerprint density at radius 2 is 2.21 bits per heavy atom. The molecule has 0 aromatic carbocycles. The molecule has 1 saturated heterocycles. The van der Waals surface area contributed by atoms with E-state index in [1.807, 2.05) is 0 Å². The van der Waals surface area contributed by atoms with Crippen LogP contribution >= 0.6 is 0 Å². The second kappa shape index (κ2) is 8.84. The van der Waals surface area contributed by atoms with Crippen molar-refractivity contribution in [2.45, 2.75) is 70.6 Å². The van der Waals surface area contributed by atoms with Gasteiger partial charge in [-0.3, -0.25) is 0 Å². The van der Waals surface area contributed by atoms with Crippen molar-refractivity contribution in [3.63, 3.8) is 0 Å². The van der Waals surface area contributed by atoms with Crippen LogP contribution in [0.1, 0.15) is 39.0 Å². The molecule has 0 aliphatic carbocycles. The summed E-state index contributed by atoms with van der Waals surface area (Å²) in [5.74, 6) is 0. The van der Waals surface area contributed by atoms with E-state index in [0.717, 1.165) is 51.0 Å². The van der Waals surface area contributed by atoms with Gasteiger partial charge >= 0.3 is 0 Å². The summed E-state index contributed by atoms with van der Waals surface area (Å²) >= 11 is 0. The predicted molar refractivity (Wildman–Crippen MR) is 77.7 cm³/mol. The van der Waals surface area contributed by atoms with E-state index in [-0.39, 0.29) is 6.29 Å². The summed E-state index contributed by atoms with van der Waals surface area (Å²) in [4.78, 5) is 11.1. The monoisotopic (exact) mass is 288 g/mol. The van der Waals surface area contributed by atoms with Crippen LogP contribution in [0.3, 0.4) is 0 Å². The predicted octanol–water partition coefficient (Wildman–Crippen LogP) is 3.12. The molecule has 0 saturated carbocycles. The largest absolute Gasteiger partial charge is 0.405 e. The highest BCUT2D eigenvalue weighted by molar-refractivity contribution is 6.71. The summed E-state index contributed by atoms with van der Waals surface area (Å²) in [5, 5.41) is 0. The molecule has 0 N–H and O–H groups in total. The van der Waals surface area contributed by atoms with E-state index in [1.165, 1.54) is 0 Å². The first-order valence-electron chi connectivity index (χ1n) is 7.43. The van der Waals surface area contributed by atoms with E-state index >= 15 is 0 Å². The number of hydrogen-bond acceptors (Lipinski definition) is 4. The van der Waals surface area contributed by atoms with Crippen molar-refractivity contribution >= 4 is 14.6 Å². The zero-order valence-electron chi connectivity index (χ0n) is 12.5. The second-order valence-electron chi connectivity index (χ2n) is 5.79. The molecule has 1 aliphatic rings. The third-order valence-corrected chi connectivity index (χ3v) is 5.84. The maximum Gasteiger partial charge on any atom is 0.187 e. The Labute approximate surface area is 117 Å². The molecule has 2 atom stereocenters. The van der Waals surface area contributed by atoms with E-state index in [2.05, 4.69) is 20.0 Å². The van der Waals surface area contributed by atoms with E-state index in [0.29, 0.717) is 6.61 Å². The minimum Gasteiger partial charge on any atom is -0.405 e. The third-order valence-electron chi connectivity index (χ3n) is 3.34. The summed E-state index contributed by atoms with van der Waals surface area (Å²) in [6.45, 7) is 7.57. The van der Waals surface area contributed by atoms with Gasteiger partial charge in [0.2, 0.25) is 0 Å². The van der Waals surface area contributed by atoms with Gasteiger partial charge in [-0.1, -0.05) is 19.8 Å².